The summed E-state index contributed by atoms with van der Waals surface area (Å²) in [7, 11) is 0. The fourth-order valence-electron chi connectivity index (χ4n) is 1.75. The van der Waals surface area contributed by atoms with Gasteiger partial charge in [-0.3, -0.25) is 4.79 Å². The maximum Gasteiger partial charge on any atom is 0.271 e. The largest absolute Gasteiger partial charge is 0.508 e. The van der Waals surface area contributed by atoms with Crippen LogP contribution in [0.15, 0.2) is 41.5 Å². The number of phenolic OH excluding ortho intramolecular Hbond substituents is 2. The SMILES string of the molecule is Cc1cc(O)cc(O)c1C=NNC(=O)c1ccc(Cl)cc1. The van der Waals surface area contributed by atoms with E-state index in [1.54, 1.807) is 31.2 Å². The summed E-state index contributed by atoms with van der Waals surface area (Å²) in [4.78, 5) is 11.8. The van der Waals surface area contributed by atoms with Crippen LogP contribution in [-0.4, -0.2) is 22.3 Å². The van der Waals surface area contributed by atoms with Gasteiger partial charge in [0, 0.05) is 22.2 Å². The van der Waals surface area contributed by atoms with Crippen molar-refractivity contribution in [2.75, 3.05) is 0 Å². The molecule has 0 saturated carbocycles. The Balaban J connectivity index is 2.09. The Hall–Kier alpha value is -2.53. The fourth-order valence-corrected chi connectivity index (χ4v) is 1.88. The third-order valence-corrected chi connectivity index (χ3v) is 3.07. The third-order valence-electron chi connectivity index (χ3n) is 2.82. The normalized spacial score (nSPS) is 10.8. The summed E-state index contributed by atoms with van der Waals surface area (Å²) in [5, 5.41) is 23.4. The van der Waals surface area contributed by atoms with Gasteiger partial charge in [0.15, 0.2) is 0 Å². The highest BCUT2D eigenvalue weighted by Gasteiger charge is 2.06. The Morgan fingerprint density at radius 1 is 1.24 bits per heavy atom. The molecule has 0 aliphatic rings. The average Bonchev–Trinajstić information content (AvgIpc) is 2.42. The lowest BCUT2D eigenvalue weighted by Gasteiger charge is -2.04. The minimum absolute atomic E-state index is 0.0349. The minimum Gasteiger partial charge on any atom is -0.508 e. The Kier molecular flexibility index (Phi) is 4.45. The first-order valence-electron chi connectivity index (χ1n) is 6.09. The molecule has 0 spiro atoms. The molecule has 6 heteroatoms. The molecule has 5 nitrogen and oxygen atoms in total. The zero-order chi connectivity index (χ0) is 15.4. The number of nitrogens with zero attached hydrogens (tertiary/aromatic N) is 1. The van der Waals surface area contributed by atoms with Crippen LogP contribution in [0.25, 0.3) is 0 Å². The van der Waals surface area contributed by atoms with E-state index in [0.717, 1.165) is 0 Å². The van der Waals surface area contributed by atoms with E-state index in [1.165, 1.54) is 18.3 Å². The second-order valence-electron chi connectivity index (χ2n) is 4.40. The first kappa shape index (κ1) is 14.9. The average molecular weight is 305 g/mol. The second kappa shape index (κ2) is 6.28. The molecular formula is C15H13ClN2O3. The van der Waals surface area contributed by atoms with Gasteiger partial charge in [0.05, 0.1) is 6.21 Å². The number of amides is 1. The second-order valence-corrected chi connectivity index (χ2v) is 4.84. The Morgan fingerprint density at radius 2 is 1.90 bits per heavy atom. The van der Waals surface area contributed by atoms with Crippen molar-refractivity contribution in [3.63, 3.8) is 0 Å². The first-order chi connectivity index (χ1) is 9.97. The van der Waals surface area contributed by atoms with Gasteiger partial charge in [-0.25, -0.2) is 5.43 Å². The molecule has 0 aliphatic carbocycles. The van der Waals surface area contributed by atoms with Gasteiger partial charge in [0.1, 0.15) is 11.5 Å². The predicted octanol–water partition coefficient (Wildman–Crippen LogP) is 2.82. The number of nitrogens with one attached hydrogen (secondary N) is 1. The molecule has 0 unspecified atom stereocenters. The van der Waals surface area contributed by atoms with Crippen LogP contribution in [0, 0.1) is 6.92 Å². The van der Waals surface area contributed by atoms with E-state index < -0.39 is 0 Å². The molecule has 21 heavy (non-hydrogen) atoms. The zero-order valence-corrected chi connectivity index (χ0v) is 11.9. The van der Waals surface area contributed by atoms with Gasteiger partial charge in [-0.2, -0.15) is 5.10 Å². The number of aryl methyl sites for hydroxylation is 1. The highest BCUT2D eigenvalue weighted by molar-refractivity contribution is 6.30. The van der Waals surface area contributed by atoms with Crippen LogP contribution < -0.4 is 5.43 Å². The van der Waals surface area contributed by atoms with E-state index in [9.17, 15) is 15.0 Å². The van der Waals surface area contributed by atoms with Crippen molar-refractivity contribution in [3.05, 3.63) is 58.1 Å². The van der Waals surface area contributed by atoms with Gasteiger partial charge in [-0.05, 0) is 42.8 Å². The number of carbonyl (C=O) groups is 1. The van der Waals surface area contributed by atoms with Crippen LogP contribution in [0.1, 0.15) is 21.5 Å². The van der Waals surface area contributed by atoms with Gasteiger partial charge in [-0.1, -0.05) is 11.6 Å². The van der Waals surface area contributed by atoms with E-state index in [0.29, 0.717) is 21.7 Å². The molecular weight excluding hydrogens is 292 g/mol. The van der Waals surface area contributed by atoms with E-state index >= 15 is 0 Å². The number of rotatable bonds is 3. The predicted molar refractivity (Wildman–Crippen MR) is 81.0 cm³/mol. The molecule has 0 heterocycles. The van der Waals surface area contributed by atoms with Crippen molar-refractivity contribution in [3.8, 4) is 11.5 Å². The summed E-state index contributed by atoms with van der Waals surface area (Å²) in [5.74, 6) is -0.539. The molecule has 0 bridgehead atoms. The van der Waals surface area contributed by atoms with E-state index in [2.05, 4.69) is 10.5 Å². The Labute approximate surface area is 126 Å². The van der Waals surface area contributed by atoms with Crippen molar-refractivity contribution in [1.82, 2.24) is 5.43 Å². The molecule has 2 rings (SSSR count). The van der Waals surface area contributed by atoms with Crippen LogP contribution in [0.3, 0.4) is 0 Å². The van der Waals surface area contributed by atoms with Crippen molar-refractivity contribution in [2.24, 2.45) is 5.10 Å². The van der Waals surface area contributed by atoms with Gasteiger partial charge in [0.2, 0.25) is 0 Å². The van der Waals surface area contributed by atoms with Crippen LogP contribution in [0.2, 0.25) is 5.02 Å². The van der Waals surface area contributed by atoms with Gasteiger partial charge in [-0.15, -0.1) is 0 Å². The molecule has 0 aromatic heterocycles. The lowest BCUT2D eigenvalue weighted by atomic mass is 10.1. The van der Waals surface area contributed by atoms with E-state index in [-0.39, 0.29) is 17.4 Å². The molecule has 2 aromatic rings. The molecule has 0 fully saturated rings. The topological polar surface area (TPSA) is 81.9 Å². The molecule has 3 N–H and O–H groups in total. The van der Waals surface area contributed by atoms with Gasteiger partial charge >= 0.3 is 0 Å². The number of hydrogen-bond acceptors (Lipinski definition) is 4. The Morgan fingerprint density at radius 3 is 2.52 bits per heavy atom. The Bertz CT molecular complexity index is 674. The summed E-state index contributed by atoms with van der Waals surface area (Å²) < 4.78 is 0. The number of benzene rings is 2. The monoisotopic (exact) mass is 304 g/mol. The third kappa shape index (κ3) is 3.73. The maximum absolute atomic E-state index is 11.8. The molecule has 0 aliphatic heterocycles. The van der Waals surface area contributed by atoms with E-state index in [1.807, 2.05) is 0 Å². The van der Waals surface area contributed by atoms with Gasteiger partial charge < -0.3 is 10.2 Å². The van der Waals surface area contributed by atoms with Crippen molar-refractivity contribution in [2.45, 2.75) is 6.92 Å². The lowest BCUT2D eigenvalue weighted by molar-refractivity contribution is 0.0955. The number of hydrazone groups is 1. The van der Waals surface area contributed by atoms with Crippen molar-refractivity contribution in [1.29, 1.82) is 0 Å². The van der Waals surface area contributed by atoms with Crippen LogP contribution in [-0.2, 0) is 0 Å². The fraction of sp³-hybridized carbons (Fsp3) is 0.0667. The smallest absolute Gasteiger partial charge is 0.271 e. The van der Waals surface area contributed by atoms with Crippen LogP contribution in [0.5, 0.6) is 11.5 Å². The molecule has 2 aromatic carbocycles. The molecule has 0 saturated heterocycles. The zero-order valence-electron chi connectivity index (χ0n) is 11.2. The van der Waals surface area contributed by atoms with Gasteiger partial charge in [0.25, 0.3) is 5.91 Å². The summed E-state index contributed by atoms with van der Waals surface area (Å²) in [5.41, 5.74) is 3.83. The quantitative estimate of drug-likeness (QED) is 0.602. The number of phenols is 2. The summed E-state index contributed by atoms with van der Waals surface area (Å²) in [6.07, 6.45) is 1.32. The molecule has 0 radical (unpaired) electrons. The summed E-state index contributed by atoms with van der Waals surface area (Å²) in [6.45, 7) is 1.71. The number of halogens is 1. The highest BCUT2D eigenvalue weighted by Crippen LogP contribution is 2.24. The maximum atomic E-state index is 11.8. The lowest BCUT2D eigenvalue weighted by Crippen LogP contribution is -2.17. The number of carbonyl (C=O) groups excluding carboxylic acids is 1. The number of aromatic hydroxyl groups is 2. The number of hydrogen-bond donors (Lipinski definition) is 3. The summed E-state index contributed by atoms with van der Waals surface area (Å²) >= 11 is 5.74. The molecule has 108 valence electrons. The standard InChI is InChI=1S/C15H13ClN2O3/c1-9-6-12(19)7-14(20)13(9)8-17-18-15(21)10-2-4-11(16)5-3-10/h2-8,19-20H,1H3,(H,18,21). The van der Waals surface area contributed by atoms with Crippen LogP contribution >= 0.6 is 11.6 Å². The molecule has 1 amide bonds. The minimum atomic E-state index is -0.390. The van der Waals surface area contributed by atoms with Crippen molar-refractivity contribution >= 4 is 23.7 Å². The summed E-state index contributed by atoms with van der Waals surface area (Å²) in [6, 6.07) is 9.07. The highest BCUT2D eigenvalue weighted by atomic mass is 35.5. The first-order valence-corrected chi connectivity index (χ1v) is 6.46. The van der Waals surface area contributed by atoms with E-state index in [4.69, 9.17) is 11.6 Å². The van der Waals surface area contributed by atoms with Crippen molar-refractivity contribution < 1.29 is 15.0 Å². The van der Waals surface area contributed by atoms with Crippen LogP contribution in [0.4, 0.5) is 0 Å². The molecule has 0 atom stereocenters.